The minimum Gasteiger partial charge on any atom is -0.434 e. The Labute approximate surface area is 91.1 Å². The first-order valence-corrected chi connectivity index (χ1v) is 4.41. The monoisotopic (exact) mass is 231 g/mol. The number of hydrogen-bond acceptors (Lipinski definition) is 4. The summed E-state index contributed by atoms with van der Waals surface area (Å²) < 4.78 is 33.2. The Kier molecular flexibility index (Phi) is 4.65. The summed E-state index contributed by atoms with van der Waals surface area (Å²) in [6.07, 6.45) is 1.02. The van der Waals surface area contributed by atoms with E-state index in [4.69, 9.17) is 9.94 Å². The Morgan fingerprint density at radius 3 is 2.81 bits per heavy atom. The molecule has 0 atom stereocenters. The van der Waals surface area contributed by atoms with E-state index in [2.05, 4.69) is 9.89 Å². The SMILES string of the molecule is COCc1ccc(OC(F)F)c(C=NO)c1. The summed E-state index contributed by atoms with van der Waals surface area (Å²) in [7, 11) is 1.52. The number of alkyl halides is 2. The van der Waals surface area contributed by atoms with Crippen molar-refractivity contribution in [2.75, 3.05) is 7.11 Å². The Balaban J connectivity index is 2.99. The van der Waals surface area contributed by atoms with Gasteiger partial charge in [-0.15, -0.1) is 0 Å². The van der Waals surface area contributed by atoms with Crippen LogP contribution in [0.3, 0.4) is 0 Å². The van der Waals surface area contributed by atoms with Crippen molar-refractivity contribution in [3.05, 3.63) is 29.3 Å². The molecule has 0 heterocycles. The molecule has 1 aromatic carbocycles. The smallest absolute Gasteiger partial charge is 0.387 e. The molecule has 0 saturated carbocycles. The minimum atomic E-state index is -2.92. The summed E-state index contributed by atoms with van der Waals surface area (Å²) in [5, 5.41) is 11.2. The molecule has 6 heteroatoms. The van der Waals surface area contributed by atoms with Crippen LogP contribution in [0.15, 0.2) is 23.4 Å². The van der Waals surface area contributed by atoms with Crippen molar-refractivity contribution in [1.82, 2.24) is 0 Å². The Morgan fingerprint density at radius 2 is 2.25 bits per heavy atom. The molecule has 4 nitrogen and oxygen atoms in total. The second kappa shape index (κ2) is 6.02. The van der Waals surface area contributed by atoms with E-state index in [1.165, 1.54) is 13.2 Å². The van der Waals surface area contributed by atoms with Crippen molar-refractivity contribution < 1.29 is 23.5 Å². The van der Waals surface area contributed by atoms with Crippen LogP contribution in [-0.4, -0.2) is 25.1 Å². The second-order valence-electron chi connectivity index (χ2n) is 2.93. The van der Waals surface area contributed by atoms with Crippen molar-refractivity contribution in [2.24, 2.45) is 5.16 Å². The zero-order valence-corrected chi connectivity index (χ0v) is 8.56. The molecule has 0 spiro atoms. The lowest BCUT2D eigenvalue weighted by Gasteiger charge is -2.09. The van der Waals surface area contributed by atoms with E-state index in [0.29, 0.717) is 6.61 Å². The fourth-order valence-electron chi connectivity index (χ4n) is 1.22. The van der Waals surface area contributed by atoms with E-state index in [1.807, 2.05) is 0 Å². The van der Waals surface area contributed by atoms with Gasteiger partial charge in [0.05, 0.1) is 12.8 Å². The van der Waals surface area contributed by atoms with E-state index >= 15 is 0 Å². The topological polar surface area (TPSA) is 51.0 Å². The number of halogens is 2. The van der Waals surface area contributed by atoms with Crippen LogP contribution in [0.4, 0.5) is 8.78 Å². The fourth-order valence-corrected chi connectivity index (χ4v) is 1.22. The van der Waals surface area contributed by atoms with Gasteiger partial charge in [0.25, 0.3) is 0 Å². The van der Waals surface area contributed by atoms with Crippen LogP contribution >= 0.6 is 0 Å². The third-order valence-corrected chi connectivity index (χ3v) is 1.80. The lowest BCUT2D eigenvalue weighted by Crippen LogP contribution is -2.05. The molecule has 0 aromatic heterocycles. The number of methoxy groups -OCH3 is 1. The molecule has 0 aliphatic carbocycles. The van der Waals surface area contributed by atoms with Crippen LogP contribution < -0.4 is 4.74 Å². The Morgan fingerprint density at radius 1 is 1.50 bits per heavy atom. The van der Waals surface area contributed by atoms with Crippen molar-refractivity contribution in [3.63, 3.8) is 0 Å². The van der Waals surface area contributed by atoms with Crippen LogP contribution in [-0.2, 0) is 11.3 Å². The molecular weight excluding hydrogens is 220 g/mol. The third kappa shape index (κ3) is 3.47. The maximum Gasteiger partial charge on any atom is 0.387 e. The van der Waals surface area contributed by atoms with Gasteiger partial charge in [0.15, 0.2) is 0 Å². The number of benzene rings is 1. The van der Waals surface area contributed by atoms with Crippen LogP contribution in [0.2, 0.25) is 0 Å². The summed E-state index contributed by atoms with van der Waals surface area (Å²) in [5.41, 5.74) is 1.02. The molecule has 0 bridgehead atoms. The molecule has 0 aliphatic rings. The summed E-state index contributed by atoms with van der Waals surface area (Å²) in [5.74, 6) is -0.0485. The number of hydrogen-bond donors (Lipinski definition) is 1. The van der Waals surface area contributed by atoms with Crippen molar-refractivity contribution in [3.8, 4) is 5.75 Å². The van der Waals surface area contributed by atoms with Crippen molar-refractivity contribution in [2.45, 2.75) is 13.2 Å². The van der Waals surface area contributed by atoms with E-state index < -0.39 is 6.61 Å². The third-order valence-electron chi connectivity index (χ3n) is 1.80. The highest BCUT2D eigenvalue weighted by Crippen LogP contribution is 2.21. The average Bonchev–Trinajstić information content (AvgIpc) is 2.22. The molecule has 88 valence electrons. The minimum absolute atomic E-state index is 0.0485. The maximum atomic E-state index is 12.0. The standard InChI is InChI=1S/C10H11F2NO3/c1-15-6-7-2-3-9(16-10(11)12)8(4-7)5-13-14/h2-5,10,14H,6H2,1H3. The number of nitrogens with zero attached hydrogens (tertiary/aromatic N) is 1. The van der Waals surface area contributed by atoms with E-state index in [9.17, 15) is 8.78 Å². The van der Waals surface area contributed by atoms with Gasteiger partial charge in [-0.05, 0) is 17.7 Å². The van der Waals surface area contributed by atoms with Gasteiger partial charge in [0.1, 0.15) is 5.75 Å². The lowest BCUT2D eigenvalue weighted by molar-refractivity contribution is -0.0499. The summed E-state index contributed by atoms with van der Waals surface area (Å²) in [6, 6.07) is 4.51. The molecule has 16 heavy (non-hydrogen) atoms. The highest BCUT2D eigenvalue weighted by atomic mass is 19.3. The zero-order chi connectivity index (χ0) is 12.0. The molecule has 0 unspecified atom stereocenters. The van der Waals surface area contributed by atoms with Gasteiger partial charge in [-0.1, -0.05) is 11.2 Å². The van der Waals surface area contributed by atoms with Gasteiger partial charge in [-0.2, -0.15) is 8.78 Å². The van der Waals surface area contributed by atoms with Gasteiger partial charge in [0, 0.05) is 12.7 Å². The van der Waals surface area contributed by atoms with Gasteiger partial charge < -0.3 is 14.7 Å². The molecule has 1 rings (SSSR count). The first-order valence-electron chi connectivity index (χ1n) is 4.41. The molecule has 1 aromatic rings. The molecule has 0 saturated heterocycles. The molecule has 0 aliphatic heterocycles. The van der Waals surface area contributed by atoms with Gasteiger partial charge >= 0.3 is 6.61 Å². The zero-order valence-electron chi connectivity index (χ0n) is 8.56. The average molecular weight is 231 g/mol. The van der Waals surface area contributed by atoms with Crippen LogP contribution in [0.25, 0.3) is 0 Å². The van der Waals surface area contributed by atoms with Crippen LogP contribution in [0.5, 0.6) is 5.75 Å². The summed E-state index contributed by atoms with van der Waals surface area (Å²) >= 11 is 0. The molecule has 0 amide bonds. The maximum absolute atomic E-state index is 12.0. The van der Waals surface area contributed by atoms with E-state index in [0.717, 1.165) is 11.8 Å². The first-order chi connectivity index (χ1) is 7.67. The second-order valence-corrected chi connectivity index (χ2v) is 2.93. The number of rotatable bonds is 5. The van der Waals surface area contributed by atoms with Gasteiger partial charge in [-0.3, -0.25) is 0 Å². The van der Waals surface area contributed by atoms with E-state index in [-0.39, 0.29) is 11.3 Å². The van der Waals surface area contributed by atoms with Gasteiger partial charge in [-0.25, -0.2) is 0 Å². The van der Waals surface area contributed by atoms with Crippen molar-refractivity contribution >= 4 is 6.21 Å². The number of oxime groups is 1. The Hall–Kier alpha value is -1.69. The predicted octanol–water partition coefficient (Wildman–Crippen LogP) is 2.24. The first kappa shape index (κ1) is 12.4. The number of ether oxygens (including phenoxy) is 2. The highest BCUT2D eigenvalue weighted by molar-refractivity contribution is 5.83. The summed E-state index contributed by atoms with van der Waals surface area (Å²) in [6.45, 7) is -2.58. The lowest BCUT2D eigenvalue weighted by atomic mass is 10.1. The van der Waals surface area contributed by atoms with Crippen molar-refractivity contribution in [1.29, 1.82) is 0 Å². The highest BCUT2D eigenvalue weighted by Gasteiger charge is 2.09. The normalized spacial score (nSPS) is 11.2. The predicted molar refractivity (Wildman–Crippen MR) is 53.2 cm³/mol. The molecule has 0 radical (unpaired) electrons. The molecule has 1 N–H and O–H groups in total. The van der Waals surface area contributed by atoms with Crippen LogP contribution in [0.1, 0.15) is 11.1 Å². The van der Waals surface area contributed by atoms with E-state index in [1.54, 1.807) is 12.1 Å². The quantitative estimate of drug-likeness (QED) is 0.480. The molecular formula is C10H11F2NO3. The fraction of sp³-hybridized carbons (Fsp3) is 0.300. The van der Waals surface area contributed by atoms with Crippen LogP contribution in [0, 0.1) is 0 Å². The van der Waals surface area contributed by atoms with Gasteiger partial charge in [0.2, 0.25) is 0 Å². The summed E-state index contributed by atoms with van der Waals surface area (Å²) in [4.78, 5) is 0. The molecule has 0 fully saturated rings. The Bertz CT molecular complexity index is 369. The largest absolute Gasteiger partial charge is 0.434 e.